The van der Waals surface area contributed by atoms with Gasteiger partial charge in [0.15, 0.2) is 0 Å². The minimum atomic E-state index is -0.458. The minimum Gasteiger partial charge on any atom is -0.507 e. The number of hydrogen-bond donors (Lipinski definition) is 2. The predicted octanol–water partition coefficient (Wildman–Crippen LogP) is 8.11. The van der Waals surface area contributed by atoms with Gasteiger partial charge < -0.3 is 29.2 Å². The summed E-state index contributed by atoms with van der Waals surface area (Å²) in [6.45, 7) is 25.0. The molecular weight excluding hydrogens is 516 g/mol. The highest BCUT2D eigenvalue weighted by atomic mass is 16.5. The van der Waals surface area contributed by atoms with E-state index in [0.717, 1.165) is 33.4 Å². The Kier molecular flexibility index (Phi) is 14.1. The van der Waals surface area contributed by atoms with Gasteiger partial charge in [-0.25, -0.2) is 0 Å². The van der Waals surface area contributed by atoms with Crippen molar-refractivity contribution in [2.75, 3.05) is 26.4 Å². The highest BCUT2D eigenvalue weighted by Crippen LogP contribution is 2.39. The van der Waals surface area contributed by atoms with Crippen LogP contribution in [-0.2, 0) is 50.8 Å². The molecule has 0 amide bonds. The number of phenolic OH excluding ortho intramolecular Hbond substituents is 2. The molecule has 0 heterocycles. The van der Waals surface area contributed by atoms with Gasteiger partial charge in [-0.15, -0.1) is 0 Å². The van der Waals surface area contributed by atoms with E-state index >= 15 is 0 Å². The average Bonchev–Trinajstić information content (AvgIpc) is 2.86. The Morgan fingerprint density at radius 3 is 0.902 bits per heavy atom. The van der Waals surface area contributed by atoms with E-state index in [-0.39, 0.29) is 11.5 Å². The number of benzene rings is 2. The maximum Gasteiger partial charge on any atom is 0.126 e. The predicted molar refractivity (Wildman–Crippen MR) is 166 cm³/mol. The molecule has 0 unspecified atom stereocenters. The van der Waals surface area contributed by atoms with Crippen molar-refractivity contribution in [3.63, 3.8) is 0 Å². The second kappa shape index (κ2) is 16.5. The fourth-order valence-electron chi connectivity index (χ4n) is 4.47. The van der Waals surface area contributed by atoms with E-state index in [1.54, 1.807) is 0 Å². The molecule has 0 fully saturated rings. The van der Waals surface area contributed by atoms with E-state index < -0.39 is 5.41 Å². The van der Waals surface area contributed by atoms with E-state index in [0.29, 0.717) is 76.5 Å². The van der Waals surface area contributed by atoms with Crippen molar-refractivity contribution in [3.8, 4) is 11.5 Å². The third-order valence-corrected chi connectivity index (χ3v) is 6.81. The summed E-state index contributed by atoms with van der Waals surface area (Å²) in [4.78, 5) is 0. The van der Waals surface area contributed by atoms with Crippen LogP contribution in [0.15, 0.2) is 24.3 Å². The molecule has 0 aliphatic carbocycles. The molecule has 0 atom stereocenters. The molecule has 0 spiro atoms. The molecule has 2 N–H and O–H groups in total. The van der Waals surface area contributed by atoms with Crippen LogP contribution in [0.25, 0.3) is 0 Å². The summed E-state index contributed by atoms with van der Waals surface area (Å²) in [7, 11) is 0. The number of hydrogen-bond acceptors (Lipinski definition) is 6. The zero-order valence-electron chi connectivity index (χ0n) is 27.3. The van der Waals surface area contributed by atoms with Gasteiger partial charge in [0.2, 0.25) is 0 Å². The molecule has 0 bridgehead atoms. The molecule has 0 aliphatic heterocycles. The normalized spacial score (nSPS) is 12.4. The Labute approximate surface area is 249 Å². The van der Waals surface area contributed by atoms with Crippen molar-refractivity contribution in [1.29, 1.82) is 0 Å². The molecule has 0 aromatic heterocycles. The lowest BCUT2D eigenvalue weighted by atomic mass is 9.76. The van der Waals surface area contributed by atoms with Crippen LogP contribution in [-0.4, -0.2) is 36.6 Å². The first-order valence-electron chi connectivity index (χ1n) is 15.2. The minimum absolute atomic E-state index is 0.230. The quantitative estimate of drug-likeness (QED) is 0.188. The van der Waals surface area contributed by atoms with Gasteiger partial charge >= 0.3 is 0 Å². The van der Waals surface area contributed by atoms with Gasteiger partial charge in [0, 0.05) is 54.1 Å². The van der Waals surface area contributed by atoms with Crippen LogP contribution < -0.4 is 0 Å². The van der Waals surface area contributed by atoms with Crippen molar-refractivity contribution in [3.05, 3.63) is 57.6 Å². The number of phenols is 2. The SMILES string of the molecule is CC(C)COCc1cc(C(C)(C)c2cc(COCC(C)C)c(O)c(COCC(C)C)c2)cc(COCC(C)C)c1O. The van der Waals surface area contributed by atoms with Crippen LogP contribution >= 0.6 is 0 Å². The van der Waals surface area contributed by atoms with E-state index in [2.05, 4.69) is 69.2 Å². The van der Waals surface area contributed by atoms with Gasteiger partial charge in [-0.05, 0) is 59.1 Å². The molecule has 6 nitrogen and oxygen atoms in total. The van der Waals surface area contributed by atoms with E-state index in [1.807, 2.05) is 24.3 Å². The Morgan fingerprint density at radius 2 is 0.707 bits per heavy atom. The second-order valence-corrected chi connectivity index (χ2v) is 13.5. The molecule has 0 radical (unpaired) electrons. The molecule has 0 saturated heterocycles. The van der Waals surface area contributed by atoms with Crippen molar-refractivity contribution < 1.29 is 29.2 Å². The number of ether oxygens (including phenoxy) is 4. The highest BCUT2D eigenvalue weighted by Gasteiger charge is 2.28. The molecule has 6 heteroatoms. The molecule has 2 rings (SSSR count). The smallest absolute Gasteiger partial charge is 0.126 e. The fraction of sp³-hybridized carbons (Fsp3) is 0.657. The molecule has 0 saturated carbocycles. The lowest BCUT2D eigenvalue weighted by molar-refractivity contribution is 0.0904. The highest BCUT2D eigenvalue weighted by molar-refractivity contribution is 5.52. The topological polar surface area (TPSA) is 77.4 Å². The number of aromatic hydroxyl groups is 2. The van der Waals surface area contributed by atoms with Gasteiger partial charge in [-0.1, -0.05) is 69.2 Å². The van der Waals surface area contributed by atoms with Crippen LogP contribution in [0.1, 0.15) is 103 Å². The summed E-state index contributed by atoms with van der Waals surface area (Å²) < 4.78 is 23.8. The van der Waals surface area contributed by atoms with Crippen LogP contribution in [0, 0.1) is 23.7 Å². The maximum atomic E-state index is 11.2. The second-order valence-electron chi connectivity index (χ2n) is 13.5. The molecule has 41 heavy (non-hydrogen) atoms. The van der Waals surface area contributed by atoms with Crippen molar-refractivity contribution in [2.24, 2.45) is 23.7 Å². The monoisotopic (exact) mass is 572 g/mol. The van der Waals surface area contributed by atoms with Crippen LogP contribution in [0.2, 0.25) is 0 Å². The molecule has 232 valence electrons. The van der Waals surface area contributed by atoms with Crippen LogP contribution in [0.3, 0.4) is 0 Å². The first-order valence-corrected chi connectivity index (χ1v) is 15.2. The van der Waals surface area contributed by atoms with Gasteiger partial charge in [0.05, 0.1) is 26.4 Å². The van der Waals surface area contributed by atoms with Crippen molar-refractivity contribution in [1.82, 2.24) is 0 Å². The van der Waals surface area contributed by atoms with E-state index in [4.69, 9.17) is 18.9 Å². The standard InChI is InChI=1S/C35H56O6/c1-23(2)15-38-19-27-11-31(12-28(33(27)36)20-39-16-24(3)4)35(9,10)32-13-29(21-40-17-25(5)6)34(37)30(14-32)22-41-18-26(7)8/h11-14,23-26,36-37H,15-22H2,1-10H3. The Hall–Kier alpha value is -2.12. The average molecular weight is 573 g/mol. The maximum absolute atomic E-state index is 11.2. The Morgan fingerprint density at radius 1 is 0.488 bits per heavy atom. The summed E-state index contributed by atoms with van der Waals surface area (Å²) in [5.41, 5.74) is 4.61. The molecule has 0 aliphatic rings. The summed E-state index contributed by atoms with van der Waals surface area (Å²) in [5, 5.41) is 22.3. The van der Waals surface area contributed by atoms with E-state index in [9.17, 15) is 10.2 Å². The van der Waals surface area contributed by atoms with Gasteiger partial charge in [-0.2, -0.15) is 0 Å². The first kappa shape index (κ1) is 35.1. The third kappa shape index (κ3) is 11.2. The largest absolute Gasteiger partial charge is 0.507 e. The van der Waals surface area contributed by atoms with Crippen LogP contribution in [0.4, 0.5) is 0 Å². The molecule has 2 aromatic rings. The fourth-order valence-corrected chi connectivity index (χ4v) is 4.47. The number of rotatable bonds is 18. The van der Waals surface area contributed by atoms with Crippen molar-refractivity contribution >= 4 is 0 Å². The Balaban J connectivity index is 2.55. The summed E-state index contributed by atoms with van der Waals surface area (Å²) in [6.07, 6.45) is 0. The molecular formula is C35H56O6. The Bertz CT molecular complexity index is 917. The first-order chi connectivity index (χ1) is 19.2. The zero-order chi connectivity index (χ0) is 30.7. The molecule has 2 aromatic carbocycles. The van der Waals surface area contributed by atoms with Gasteiger partial charge in [0.1, 0.15) is 11.5 Å². The lowest BCUT2D eigenvalue weighted by Gasteiger charge is -2.30. The summed E-state index contributed by atoms with van der Waals surface area (Å²) >= 11 is 0. The lowest BCUT2D eigenvalue weighted by Crippen LogP contribution is -2.21. The van der Waals surface area contributed by atoms with Crippen molar-refractivity contribution in [2.45, 2.75) is 101 Å². The zero-order valence-corrected chi connectivity index (χ0v) is 27.3. The van der Waals surface area contributed by atoms with E-state index in [1.165, 1.54) is 0 Å². The third-order valence-electron chi connectivity index (χ3n) is 6.81. The van der Waals surface area contributed by atoms with Gasteiger partial charge in [0.25, 0.3) is 0 Å². The summed E-state index contributed by atoms with van der Waals surface area (Å²) in [6, 6.07) is 8.16. The van der Waals surface area contributed by atoms with Gasteiger partial charge in [-0.3, -0.25) is 0 Å². The van der Waals surface area contributed by atoms with Crippen LogP contribution in [0.5, 0.6) is 11.5 Å². The summed E-state index contributed by atoms with van der Waals surface area (Å²) in [5.74, 6) is 2.05.